The first-order valence-corrected chi connectivity index (χ1v) is 5.11. The van der Waals surface area contributed by atoms with Crippen LogP contribution in [0.4, 0.5) is 0 Å². The third-order valence-electron chi connectivity index (χ3n) is 2.76. The van der Waals surface area contributed by atoms with Gasteiger partial charge >= 0.3 is 0 Å². The summed E-state index contributed by atoms with van der Waals surface area (Å²) in [7, 11) is 0. The molecule has 1 heterocycles. The maximum absolute atomic E-state index is 4.18. The predicted octanol–water partition coefficient (Wildman–Crippen LogP) is 3.10. The highest BCUT2D eigenvalue weighted by molar-refractivity contribution is 4.77. The van der Waals surface area contributed by atoms with Crippen LogP contribution in [0, 0.1) is 5.41 Å². The Kier molecular flexibility index (Phi) is 3.52. The molecule has 0 unspecified atom stereocenters. The van der Waals surface area contributed by atoms with Gasteiger partial charge in [0.15, 0.2) is 0 Å². The first kappa shape index (κ1) is 10.3. The fourth-order valence-electron chi connectivity index (χ4n) is 1.33. The summed E-state index contributed by atoms with van der Waals surface area (Å²) >= 11 is 0. The van der Waals surface area contributed by atoms with Crippen LogP contribution in [-0.2, 0) is 6.54 Å². The molecular weight excluding hydrogens is 160 g/mol. The van der Waals surface area contributed by atoms with Gasteiger partial charge in [-0.05, 0) is 24.3 Å². The molecule has 0 amide bonds. The molecule has 0 aliphatic heterocycles. The summed E-state index contributed by atoms with van der Waals surface area (Å²) in [5.41, 5.74) is 0.493. The van der Waals surface area contributed by atoms with Crippen LogP contribution in [0.5, 0.6) is 0 Å². The first-order chi connectivity index (χ1) is 6.14. The van der Waals surface area contributed by atoms with Crippen LogP contribution < -0.4 is 0 Å². The molecule has 2 heteroatoms. The molecule has 0 aliphatic carbocycles. The fourth-order valence-corrected chi connectivity index (χ4v) is 1.33. The molecular formula is C11H20N2. The standard InChI is InChI=1S/C11H20N2/c1-4-11(2,3)7-5-9-13-10-6-8-12-13/h6,8,10H,4-5,7,9H2,1-3H3. The minimum Gasteiger partial charge on any atom is -0.273 e. The van der Waals surface area contributed by atoms with E-state index in [0.717, 1.165) is 6.54 Å². The molecule has 0 saturated carbocycles. The third-order valence-corrected chi connectivity index (χ3v) is 2.76. The highest BCUT2D eigenvalue weighted by atomic mass is 15.3. The van der Waals surface area contributed by atoms with E-state index in [4.69, 9.17) is 0 Å². The van der Waals surface area contributed by atoms with Crippen LogP contribution in [-0.4, -0.2) is 9.78 Å². The Morgan fingerprint density at radius 3 is 2.69 bits per heavy atom. The molecule has 0 radical (unpaired) electrons. The Hall–Kier alpha value is -0.790. The number of hydrogen-bond acceptors (Lipinski definition) is 1. The van der Waals surface area contributed by atoms with Crippen LogP contribution in [0.1, 0.15) is 40.0 Å². The fraction of sp³-hybridized carbons (Fsp3) is 0.727. The van der Waals surface area contributed by atoms with Crippen molar-refractivity contribution < 1.29 is 0 Å². The smallest absolute Gasteiger partial charge is 0.0489 e. The summed E-state index contributed by atoms with van der Waals surface area (Å²) in [5.74, 6) is 0. The Bertz CT molecular complexity index is 224. The molecule has 0 bridgehead atoms. The molecule has 0 N–H and O–H groups in total. The van der Waals surface area contributed by atoms with Crippen LogP contribution in [0.15, 0.2) is 18.5 Å². The van der Waals surface area contributed by atoms with Gasteiger partial charge in [-0.15, -0.1) is 0 Å². The summed E-state index contributed by atoms with van der Waals surface area (Å²) < 4.78 is 2.01. The summed E-state index contributed by atoms with van der Waals surface area (Å²) in [6, 6.07) is 1.98. The van der Waals surface area contributed by atoms with Crippen molar-refractivity contribution in [1.82, 2.24) is 9.78 Å². The zero-order valence-corrected chi connectivity index (χ0v) is 8.95. The van der Waals surface area contributed by atoms with E-state index in [9.17, 15) is 0 Å². The second-order valence-corrected chi connectivity index (χ2v) is 4.39. The van der Waals surface area contributed by atoms with Crippen molar-refractivity contribution in [3.8, 4) is 0 Å². The SMILES string of the molecule is CCC(C)(C)CCCn1cccn1. The van der Waals surface area contributed by atoms with Crippen molar-refractivity contribution in [2.45, 2.75) is 46.6 Å². The van der Waals surface area contributed by atoms with Gasteiger partial charge in [0.1, 0.15) is 0 Å². The number of hydrogen-bond donors (Lipinski definition) is 0. The predicted molar refractivity (Wildman–Crippen MR) is 55.5 cm³/mol. The van der Waals surface area contributed by atoms with Gasteiger partial charge in [-0.2, -0.15) is 5.10 Å². The summed E-state index contributed by atoms with van der Waals surface area (Å²) in [4.78, 5) is 0. The average Bonchev–Trinajstić information content (AvgIpc) is 2.57. The van der Waals surface area contributed by atoms with Gasteiger partial charge in [0, 0.05) is 18.9 Å². The van der Waals surface area contributed by atoms with E-state index in [1.165, 1.54) is 19.3 Å². The van der Waals surface area contributed by atoms with E-state index < -0.39 is 0 Å². The minimum absolute atomic E-state index is 0.493. The molecule has 0 spiro atoms. The molecule has 2 nitrogen and oxygen atoms in total. The normalized spacial score (nSPS) is 11.9. The zero-order chi connectivity index (χ0) is 9.73. The number of aryl methyl sites for hydroxylation is 1. The molecule has 1 rings (SSSR count). The molecule has 74 valence electrons. The molecule has 0 aliphatic rings. The van der Waals surface area contributed by atoms with E-state index in [-0.39, 0.29) is 0 Å². The van der Waals surface area contributed by atoms with Crippen molar-refractivity contribution in [1.29, 1.82) is 0 Å². The van der Waals surface area contributed by atoms with Gasteiger partial charge in [-0.3, -0.25) is 4.68 Å². The Morgan fingerprint density at radius 1 is 1.38 bits per heavy atom. The molecule has 1 aromatic rings. The van der Waals surface area contributed by atoms with Gasteiger partial charge in [0.05, 0.1) is 0 Å². The molecule has 13 heavy (non-hydrogen) atoms. The molecule has 0 saturated heterocycles. The van der Waals surface area contributed by atoms with E-state index in [0.29, 0.717) is 5.41 Å². The Labute approximate surface area is 81.0 Å². The Balaban J connectivity index is 2.21. The van der Waals surface area contributed by atoms with Gasteiger partial charge in [0.2, 0.25) is 0 Å². The number of aromatic nitrogens is 2. The lowest BCUT2D eigenvalue weighted by Crippen LogP contribution is -2.11. The maximum atomic E-state index is 4.18. The summed E-state index contributed by atoms with van der Waals surface area (Å²) in [6.45, 7) is 7.97. The quantitative estimate of drug-likeness (QED) is 0.681. The minimum atomic E-state index is 0.493. The van der Waals surface area contributed by atoms with E-state index in [1.54, 1.807) is 0 Å². The van der Waals surface area contributed by atoms with Gasteiger partial charge in [-0.25, -0.2) is 0 Å². The lowest BCUT2D eigenvalue weighted by atomic mass is 9.85. The largest absolute Gasteiger partial charge is 0.273 e. The summed E-state index contributed by atoms with van der Waals surface area (Å²) in [5, 5.41) is 4.18. The van der Waals surface area contributed by atoms with E-state index in [2.05, 4.69) is 25.9 Å². The maximum Gasteiger partial charge on any atom is 0.0489 e. The van der Waals surface area contributed by atoms with Crippen LogP contribution >= 0.6 is 0 Å². The number of rotatable bonds is 5. The van der Waals surface area contributed by atoms with Crippen molar-refractivity contribution in [3.05, 3.63) is 18.5 Å². The monoisotopic (exact) mass is 180 g/mol. The highest BCUT2D eigenvalue weighted by Crippen LogP contribution is 2.25. The van der Waals surface area contributed by atoms with Gasteiger partial charge < -0.3 is 0 Å². The lowest BCUT2D eigenvalue weighted by Gasteiger charge is -2.22. The molecule has 1 aromatic heterocycles. The Morgan fingerprint density at radius 2 is 2.15 bits per heavy atom. The van der Waals surface area contributed by atoms with Crippen molar-refractivity contribution in [2.24, 2.45) is 5.41 Å². The molecule has 0 fully saturated rings. The second kappa shape index (κ2) is 4.45. The van der Waals surface area contributed by atoms with Crippen molar-refractivity contribution in [2.75, 3.05) is 0 Å². The van der Waals surface area contributed by atoms with Crippen LogP contribution in [0.3, 0.4) is 0 Å². The van der Waals surface area contributed by atoms with Crippen molar-refractivity contribution in [3.63, 3.8) is 0 Å². The zero-order valence-electron chi connectivity index (χ0n) is 8.95. The van der Waals surface area contributed by atoms with Gasteiger partial charge in [0.25, 0.3) is 0 Å². The van der Waals surface area contributed by atoms with Crippen molar-refractivity contribution >= 4 is 0 Å². The third kappa shape index (κ3) is 3.62. The van der Waals surface area contributed by atoms with E-state index >= 15 is 0 Å². The highest BCUT2D eigenvalue weighted by Gasteiger charge is 2.13. The van der Waals surface area contributed by atoms with E-state index in [1.807, 2.05) is 23.1 Å². The topological polar surface area (TPSA) is 17.8 Å². The average molecular weight is 180 g/mol. The van der Waals surface area contributed by atoms with Gasteiger partial charge in [-0.1, -0.05) is 27.2 Å². The lowest BCUT2D eigenvalue weighted by molar-refractivity contribution is 0.302. The van der Waals surface area contributed by atoms with Crippen LogP contribution in [0.25, 0.3) is 0 Å². The summed E-state index contributed by atoms with van der Waals surface area (Å²) in [6.07, 6.45) is 7.63. The number of nitrogens with zero attached hydrogens (tertiary/aromatic N) is 2. The van der Waals surface area contributed by atoms with Crippen LogP contribution in [0.2, 0.25) is 0 Å². The first-order valence-electron chi connectivity index (χ1n) is 5.11. The second-order valence-electron chi connectivity index (χ2n) is 4.39. The molecule has 0 atom stereocenters. The molecule has 0 aromatic carbocycles.